The summed E-state index contributed by atoms with van der Waals surface area (Å²) in [7, 11) is 3.92. The molecular weight excluding hydrogens is 989 g/mol. The monoisotopic (exact) mass is 1090 g/mol. The Labute approximate surface area is 462 Å². The molecule has 1 amide bonds. The number of carbonyl (C=O) groups is 7. The lowest BCUT2D eigenvalue weighted by Crippen LogP contribution is -2.34. The van der Waals surface area contributed by atoms with E-state index in [0.717, 1.165) is 125 Å². The minimum absolute atomic E-state index is 0.0194. The second-order valence-electron chi connectivity index (χ2n) is 24.2. The number of ether oxygens (including phenoxy) is 6. The van der Waals surface area contributed by atoms with Crippen molar-refractivity contribution in [1.82, 2.24) is 9.80 Å². The minimum atomic E-state index is -0.590. The third kappa shape index (κ3) is 29.5. The van der Waals surface area contributed by atoms with E-state index in [1.165, 1.54) is 56.3 Å². The largest absolute Gasteiger partial charge is 0.465 e. The predicted molar refractivity (Wildman–Crippen MR) is 296 cm³/mol. The smallest absolute Gasteiger partial charge is 0.307 e. The van der Waals surface area contributed by atoms with E-state index in [2.05, 4.69) is 27.7 Å². The Morgan fingerprint density at radius 3 is 0.882 bits per heavy atom. The summed E-state index contributed by atoms with van der Waals surface area (Å²) < 4.78 is 34.1. The highest BCUT2D eigenvalue weighted by Crippen LogP contribution is 2.34. The Morgan fingerprint density at radius 2 is 0.632 bits per heavy atom. The molecular formula is C60H102N2O13S. The van der Waals surface area contributed by atoms with Gasteiger partial charge in [0.1, 0.15) is 39.6 Å². The zero-order valence-electron chi connectivity index (χ0n) is 48.0. The Hall–Kier alpha value is -3.40. The Morgan fingerprint density at radius 1 is 0.382 bits per heavy atom. The third-order valence-corrected chi connectivity index (χ3v) is 17.9. The van der Waals surface area contributed by atoms with Gasteiger partial charge in [-0.3, -0.25) is 33.6 Å². The van der Waals surface area contributed by atoms with Gasteiger partial charge in [0, 0.05) is 44.5 Å². The van der Waals surface area contributed by atoms with Crippen LogP contribution >= 0.6 is 11.8 Å². The first kappa shape index (κ1) is 65.1. The average Bonchev–Trinajstić information content (AvgIpc) is 3.40. The fourth-order valence-electron chi connectivity index (χ4n) is 11.1. The summed E-state index contributed by atoms with van der Waals surface area (Å²) in [6.07, 6.45) is 23.1. The van der Waals surface area contributed by atoms with Gasteiger partial charge in [-0.25, -0.2) is 0 Å². The first-order valence-electron chi connectivity index (χ1n) is 30.0. The summed E-state index contributed by atoms with van der Waals surface area (Å²) in [6.45, 7) is 9.27. The maximum absolute atomic E-state index is 13.6. The molecule has 0 unspecified atom stereocenters. The number of nitrogens with zero attached hydrogens (tertiary/aromatic N) is 2. The second kappa shape index (κ2) is 37.5. The number of thioether (sulfide) groups is 1. The molecule has 0 spiro atoms. The van der Waals surface area contributed by atoms with Crippen LogP contribution in [0.15, 0.2) is 0 Å². The molecule has 0 aromatic rings. The maximum Gasteiger partial charge on any atom is 0.307 e. The van der Waals surface area contributed by atoms with E-state index in [1.54, 1.807) is 0 Å². The van der Waals surface area contributed by atoms with Crippen molar-refractivity contribution < 1.29 is 62.0 Å². The van der Waals surface area contributed by atoms with E-state index in [1.807, 2.05) is 19.0 Å². The van der Waals surface area contributed by atoms with Gasteiger partial charge >= 0.3 is 35.8 Å². The molecule has 0 heterocycles. The molecule has 4 rings (SSSR count). The van der Waals surface area contributed by atoms with Crippen molar-refractivity contribution in [2.45, 2.75) is 201 Å². The highest BCUT2D eigenvalue weighted by atomic mass is 32.2. The SMILES string of the molecule is CC1CCC(CCC(=O)OCC(COC(=O)CCC2CCC(C)CC2)COC(=O)CCN(CCC(=O)OCC(COC(=O)CCC2CCC(C)CC2)COC(=O)CCC2CCC(C)CC2)C(=O)SCCCN(C)C)CC1. The normalized spacial score (nSPS) is 24.6. The number of rotatable bonds is 34. The molecule has 0 N–H and O–H groups in total. The van der Waals surface area contributed by atoms with E-state index in [0.29, 0.717) is 55.1 Å². The molecule has 0 aliphatic heterocycles. The molecule has 0 aromatic carbocycles. The first-order valence-corrected chi connectivity index (χ1v) is 31.0. The summed E-state index contributed by atoms with van der Waals surface area (Å²) in [5, 5.41) is -0.288. The fraction of sp³-hybridized carbons (Fsp3) is 0.883. The zero-order chi connectivity index (χ0) is 55.1. The van der Waals surface area contributed by atoms with Gasteiger partial charge in [-0.2, -0.15) is 0 Å². The van der Waals surface area contributed by atoms with Gasteiger partial charge in [-0.1, -0.05) is 142 Å². The quantitative estimate of drug-likeness (QED) is 0.0337. The summed E-state index contributed by atoms with van der Waals surface area (Å²) in [5.41, 5.74) is 0. The second-order valence-corrected chi connectivity index (χ2v) is 25.3. The fourth-order valence-corrected chi connectivity index (χ4v) is 11.9. The molecule has 4 aliphatic carbocycles. The minimum Gasteiger partial charge on any atom is -0.465 e. The highest BCUT2D eigenvalue weighted by Gasteiger charge is 2.27. The van der Waals surface area contributed by atoms with Crippen LogP contribution < -0.4 is 0 Å². The number of hydrogen-bond acceptors (Lipinski definition) is 15. The van der Waals surface area contributed by atoms with Gasteiger partial charge in [0.15, 0.2) is 0 Å². The van der Waals surface area contributed by atoms with Crippen molar-refractivity contribution >= 4 is 52.8 Å². The molecule has 4 aliphatic rings. The molecule has 4 fully saturated rings. The van der Waals surface area contributed by atoms with Crippen LogP contribution in [0.25, 0.3) is 0 Å². The maximum atomic E-state index is 13.6. The molecule has 436 valence electrons. The van der Waals surface area contributed by atoms with Gasteiger partial charge in [0.2, 0.25) is 0 Å². The first-order chi connectivity index (χ1) is 36.5. The van der Waals surface area contributed by atoms with Gasteiger partial charge in [0.25, 0.3) is 5.24 Å². The molecule has 0 aromatic heterocycles. The van der Waals surface area contributed by atoms with Crippen molar-refractivity contribution in [3.05, 3.63) is 0 Å². The number of carbonyl (C=O) groups excluding carboxylic acids is 7. The van der Waals surface area contributed by atoms with Gasteiger partial charge < -0.3 is 38.2 Å². The lowest BCUT2D eigenvalue weighted by molar-refractivity contribution is -0.156. The van der Waals surface area contributed by atoms with Crippen molar-refractivity contribution in [3.8, 4) is 0 Å². The van der Waals surface area contributed by atoms with Crippen LogP contribution in [0.3, 0.4) is 0 Å². The molecule has 4 saturated carbocycles. The number of hydrogen-bond donors (Lipinski definition) is 0. The molecule has 0 saturated heterocycles. The number of esters is 6. The zero-order valence-corrected chi connectivity index (χ0v) is 48.9. The average molecular weight is 1090 g/mol. The summed E-state index contributed by atoms with van der Waals surface area (Å²) in [4.78, 5) is 95.3. The van der Waals surface area contributed by atoms with E-state index in [-0.39, 0.29) is 94.7 Å². The van der Waals surface area contributed by atoms with Crippen molar-refractivity contribution in [3.63, 3.8) is 0 Å². The van der Waals surface area contributed by atoms with Crippen molar-refractivity contribution in [1.29, 1.82) is 0 Å². The Balaban J connectivity index is 1.29. The van der Waals surface area contributed by atoms with Crippen LogP contribution in [0.1, 0.15) is 201 Å². The number of amides is 1. The van der Waals surface area contributed by atoms with Crippen molar-refractivity contribution in [2.75, 3.05) is 79.1 Å². The Bertz CT molecular complexity index is 1510. The van der Waals surface area contributed by atoms with Crippen LogP contribution in [-0.4, -0.2) is 130 Å². The molecule has 0 atom stereocenters. The van der Waals surface area contributed by atoms with E-state index in [4.69, 9.17) is 28.4 Å². The third-order valence-electron chi connectivity index (χ3n) is 16.9. The van der Waals surface area contributed by atoms with Crippen LogP contribution in [-0.2, 0) is 57.2 Å². The van der Waals surface area contributed by atoms with Gasteiger partial charge in [-0.15, -0.1) is 0 Å². The summed E-state index contributed by atoms with van der Waals surface area (Å²) >= 11 is 1.12. The van der Waals surface area contributed by atoms with E-state index >= 15 is 0 Å². The molecule has 76 heavy (non-hydrogen) atoms. The van der Waals surface area contributed by atoms with Gasteiger partial charge in [0.05, 0.1) is 24.7 Å². The molecule has 15 nitrogen and oxygen atoms in total. The predicted octanol–water partition coefficient (Wildman–Crippen LogP) is 11.8. The van der Waals surface area contributed by atoms with Crippen LogP contribution in [0.5, 0.6) is 0 Å². The van der Waals surface area contributed by atoms with Crippen molar-refractivity contribution in [2.24, 2.45) is 59.2 Å². The van der Waals surface area contributed by atoms with Crippen LogP contribution in [0.2, 0.25) is 0 Å². The van der Waals surface area contributed by atoms with E-state index in [9.17, 15) is 33.6 Å². The molecule has 16 heteroatoms. The highest BCUT2D eigenvalue weighted by molar-refractivity contribution is 8.13. The van der Waals surface area contributed by atoms with Gasteiger partial charge in [-0.05, 0) is 100 Å². The summed E-state index contributed by atoms with van der Waals surface area (Å²) in [6, 6.07) is 0. The van der Waals surface area contributed by atoms with E-state index < -0.39 is 23.8 Å². The lowest BCUT2D eigenvalue weighted by atomic mass is 9.81. The lowest BCUT2D eigenvalue weighted by Gasteiger charge is -2.26. The Kier molecular flexibility index (Phi) is 32.1. The summed E-state index contributed by atoms with van der Waals surface area (Å²) in [5.74, 6) is 1.84. The topological polar surface area (TPSA) is 181 Å². The van der Waals surface area contributed by atoms with Crippen LogP contribution in [0.4, 0.5) is 4.79 Å². The standard InChI is InChI=1S/C60H102N2O13S/c1-44-8-16-48(17-9-44)24-28-54(63)70-38-52(39-71-55(64)29-25-49-18-10-45(2)11-19-49)42-74-58(67)32-35-62(60(69)76-37-7-34-61(5)6)36-33-59(68)75-43-53(40-72-56(65)30-26-50-20-12-46(3)13-21-50)41-73-57(66)31-27-51-22-14-47(4)15-23-51/h44-53H,7-43H2,1-6H3. The van der Waals surface area contributed by atoms with Crippen LogP contribution in [0, 0.1) is 59.2 Å². The molecule has 0 radical (unpaired) electrons. The molecule has 0 bridgehead atoms.